The van der Waals surface area contributed by atoms with Crippen molar-refractivity contribution in [2.24, 2.45) is 0 Å². The number of para-hydroxylation sites is 2. The number of nitrogens with one attached hydrogen (secondary N) is 1. The summed E-state index contributed by atoms with van der Waals surface area (Å²) in [5, 5.41) is 4.96. The van der Waals surface area contributed by atoms with Crippen LogP contribution < -0.4 is 11.0 Å². The Kier molecular flexibility index (Phi) is 5.15. The fourth-order valence-electron chi connectivity index (χ4n) is 2.88. The van der Waals surface area contributed by atoms with Gasteiger partial charge in [-0.2, -0.15) is 0 Å². The van der Waals surface area contributed by atoms with Gasteiger partial charge in [0.05, 0.1) is 11.0 Å². The second-order valence-corrected chi connectivity index (χ2v) is 6.63. The number of aryl methyl sites for hydroxylation is 2. The molecule has 2 aromatic heterocycles. The van der Waals surface area contributed by atoms with Gasteiger partial charge in [-0.25, -0.2) is 4.79 Å². The van der Waals surface area contributed by atoms with Gasteiger partial charge in [0.25, 0.3) is 0 Å². The molecule has 126 valence electrons. The van der Waals surface area contributed by atoms with Gasteiger partial charge in [-0.15, -0.1) is 11.3 Å². The van der Waals surface area contributed by atoms with Crippen LogP contribution in [0.15, 0.2) is 46.6 Å². The zero-order chi connectivity index (χ0) is 16.9. The second kappa shape index (κ2) is 7.49. The van der Waals surface area contributed by atoms with Crippen molar-refractivity contribution in [2.45, 2.75) is 32.9 Å². The van der Waals surface area contributed by atoms with Crippen LogP contribution >= 0.6 is 11.3 Å². The van der Waals surface area contributed by atoms with Gasteiger partial charge in [-0.1, -0.05) is 18.2 Å². The molecule has 24 heavy (non-hydrogen) atoms. The van der Waals surface area contributed by atoms with Crippen LogP contribution in [-0.4, -0.2) is 21.6 Å². The summed E-state index contributed by atoms with van der Waals surface area (Å²) in [6.45, 7) is 3.61. The van der Waals surface area contributed by atoms with E-state index in [2.05, 4.69) is 11.4 Å². The zero-order valence-corrected chi connectivity index (χ0v) is 14.5. The fourth-order valence-corrected chi connectivity index (χ4v) is 3.58. The number of benzene rings is 1. The second-order valence-electron chi connectivity index (χ2n) is 5.60. The molecule has 3 aromatic rings. The van der Waals surface area contributed by atoms with Crippen molar-refractivity contribution in [1.82, 2.24) is 14.5 Å². The summed E-state index contributed by atoms with van der Waals surface area (Å²) in [4.78, 5) is 25.8. The summed E-state index contributed by atoms with van der Waals surface area (Å²) in [5.74, 6) is -0.0215. The van der Waals surface area contributed by atoms with E-state index >= 15 is 0 Å². The lowest BCUT2D eigenvalue weighted by molar-refractivity contribution is -0.121. The standard InChI is InChI=1S/C18H21N3O2S/c1-2-20-15-7-3-4-8-16(15)21(18(20)23)12-10-17(22)19-11-9-14-6-5-13-24-14/h3-8,13H,2,9-12H2,1H3,(H,19,22). The van der Waals surface area contributed by atoms with Gasteiger partial charge >= 0.3 is 5.69 Å². The Labute approximate surface area is 144 Å². The third-order valence-corrected chi connectivity index (χ3v) is 5.01. The van der Waals surface area contributed by atoms with E-state index in [1.807, 2.05) is 42.6 Å². The molecule has 0 unspecified atom stereocenters. The Morgan fingerprint density at radius 1 is 1.12 bits per heavy atom. The summed E-state index contributed by atoms with van der Waals surface area (Å²) < 4.78 is 3.43. The number of imidazole rings is 1. The minimum Gasteiger partial charge on any atom is -0.356 e. The number of aromatic nitrogens is 2. The maximum atomic E-state index is 12.5. The molecule has 0 spiro atoms. The van der Waals surface area contributed by atoms with Crippen LogP contribution in [0.2, 0.25) is 0 Å². The first kappa shape index (κ1) is 16.5. The van der Waals surface area contributed by atoms with E-state index in [-0.39, 0.29) is 11.6 Å². The Hall–Kier alpha value is -2.34. The molecule has 0 aliphatic rings. The summed E-state index contributed by atoms with van der Waals surface area (Å²) >= 11 is 1.69. The average molecular weight is 343 g/mol. The number of rotatable bonds is 7. The third kappa shape index (κ3) is 3.43. The molecule has 0 bridgehead atoms. The van der Waals surface area contributed by atoms with Crippen molar-refractivity contribution in [2.75, 3.05) is 6.54 Å². The average Bonchev–Trinajstić information content (AvgIpc) is 3.19. The maximum Gasteiger partial charge on any atom is 0.329 e. The fraction of sp³-hybridized carbons (Fsp3) is 0.333. The predicted octanol–water partition coefficient (Wildman–Crippen LogP) is 2.63. The summed E-state index contributed by atoms with van der Waals surface area (Å²) in [5.41, 5.74) is 1.75. The van der Waals surface area contributed by atoms with Crippen LogP contribution in [0.3, 0.4) is 0 Å². The molecule has 1 N–H and O–H groups in total. The zero-order valence-electron chi connectivity index (χ0n) is 13.7. The topological polar surface area (TPSA) is 56.0 Å². The number of nitrogens with zero attached hydrogens (tertiary/aromatic N) is 2. The largest absolute Gasteiger partial charge is 0.356 e. The van der Waals surface area contributed by atoms with E-state index in [4.69, 9.17) is 0 Å². The molecule has 6 heteroatoms. The predicted molar refractivity (Wildman–Crippen MR) is 97.5 cm³/mol. The van der Waals surface area contributed by atoms with Gasteiger partial charge in [0, 0.05) is 30.9 Å². The highest BCUT2D eigenvalue weighted by Crippen LogP contribution is 2.13. The Morgan fingerprint density at radius 3 is 2.54 bits per heavy atom. The van der Waals surface area contributed by atoms with E-state index in [0.29, 0.717) is 26.1 Å². The third-order valence-electron chi connectivity index (χ3n) is 4.08. The number of thiophene rings is 1. The number of carbonyl (C=O) groups excluding carboxylic acids is 1. The summed E-state index contributed by atoms with van der Waals surface area (Å²) in [6.07, 6.45) is 1.15. The maximum absolute atomic E-state index is 12.5. The van der Waals surface area contributed by atoms with Crippen LogP contribution in [-0.2, 0) is 24.3 Å². The van der Waals surface area contributed by atoms with Gasteiger partial charge in [-0.3, -0.25) is 13.9 Å². The molecular weight excluding hydrogens is 322 g/mol. The molecule has 0 radical (unpaired) electrons. The van der Waals surface area contributed by atoms with Crippen molar-refractivity contribution >= 4 is 28.3 Å². The highest BCUT2D eigenvalue weighted by Gasteiger charge is 2.12. The van der Waals surface area contributed by atoms with Crippen molar-refractivity contribution in [3.63, 3.8) is 0 Å². The van der Waals surface area contributed by atoms with Gasteiger partial charge in [0.1, 0.15) is 0 Å². The number of hydrogen-bond acceptors (Lipinski definition) is 3. The van der Waals surface area contributed by atoms with Crippen LogP contribution in [0, 0.1) is 0 Å². The lowest BCUT2D eigenvalue weighted by atomic mass is 10.3. The van der Waals surface area contributed by atoms with Gasteiger partial charge < -0.3 is 5.32 Å². The minimum atomic E-state index is -0.0508. The summed E-state index contributed by atoms with van der Waals surface area (Å²) in [7, 11) is 0. The van der Waals surface area contributed by atoms with Gasteiger partial charge in [0.15, 0.2) is 0 Å². The van der Waals surface area contributed by atoms with Crippen LogP contribution in [0.1, 0.15) is 18.2 Å². The molecule has 1 amide bonds. The lowest BCUT2D eigenvalue weighted by Crippen LogP contribution is -2.29. The summed E-state index contributed by atoms with van der Waals surface area (Å²) in [6, 6.07) is 11.8. The molecule has 0 saturated carbocycles. The molecule has 3 rings (SSSR count). The number of amides is 1. The normalized spacial score (nSPS) is 11.0. The van der Waals surface area contributed by atoms with Crippen molar-refractivity contribution < 1.29 is 4.79 Å². The van der Waals surface area contributed by atoms with Gasteiger partial charge in [0.2, 0.25) is 5.91 Å². The SMILES string of the molecule is CCn1c(=O)n(CCC(=O)NCCc2cccs2)c2ccccc21. The monoisotopic (exact) mass is 343 g/mol. The van der Waals surface area contributed by atoms with Crippen molar-refractivity contribution in [3.05, 3.63) is 57.1 Å². The Bertz CT molecular complexity index is 877. The lowest BCUT2D eigenvalue weighted by Gasteiger charge is -2.05. The van der Waals surface area contributed by atoms with E-state index in [1.165, 1.54) is 4.88 Å². The Balaban J connectivity index is 1.62. The molecule has 0 atom stereocenters. The number of hydrogen-bond donors (Lipinski definition) is 1. The van der Waals surface area contributed by atoms with Crippen molar-refractivity contribution in [3.8, 4) is 0 Å². The van der Waals surface area contributed by atoms with Crippen LogP contribution in [0.25, 0.3) is 11.0 Å². The Morgan fingerprint density at radius 2 is 1.88 bits per heavy atom. The first-order valence-corrected chi connectivity index (χ1v) is 9.06. The van der Waals surface area contributed by atoms with E-state index in [9.17, 15) is 9.59 Å². The highest BCUT2D eigenvalue weighted by molar-refractivity contribution is 7.09. The van der Waals surface area contributed by atoms with Crippen LogP contribution in [0.4, 0.5) is 0 Å². The minimum absolute atomic E-state index is 0.0215. The molecule has 0 aliphatic heterocycles. The molecule has 0 saturated heterocycles. The van der Waals surface area contributed by atoms with E-state index in [1.54, 1.807) is 20.5 Å². The first-order valence-electron chi connectivity index (χ1n) is 8.18. The molecule has 1 aromatic carbocycles. The highest BCUT2D eigenvalue weighted by atomic mass is 32.1. The first-order chi connectivity index (χ1) is 11.7. The number of carbonyl (C=O) groups is 1. The van der Waals surface area contributed by atoms with E-state index in [0.717, 1.165) is 17.5 Å². The molecular formula is C18H21N3O2S. The van der Waals surface area contributed by atoms with Crippen LogP contribution in [0.5, 0.6) is 0 Å². The van der Waals surface area contributed by atoms with Crippen molar-refractivity contribution in [1.29, 1.82) is 0 Å². The molecule has 5 nitrogen and oxygen atoms in total. The van der Waals surface area contributed by atoms with E-state index < -0.39 is 0 Å². The quantitative estimate of drug-likeness (QED) is 0.717. The smallest absolute Gasteiger partial charge is 0.329 e. The van der Waals surface area contributed by atoms with Gasteiger partial charge in [-0.05, 0) is 36.9 Å². The molecule has 0 fully saturated rings. The molecule has 0 aliphatic carbocycles. The molecule has 2 heterocycles. The number of fused-ring (bicyclic) bond motifs is 1.